The number of halogens is 7. The van der Waals surface area contributed by atoms with Gasteiger partial charge in [0.25, 0.3) is 0 Å². The summed E-state index contributed by atoms with van der Waals surface area (Å²) >= 11 is 24.5. The molecule has 0 aliphatic carbocycles. The molecule has 2 aromatic carbocycles. The van der Waals surface area contributed by atoms with Gasteiger partial charge in [0.2, 0.25) is 0 Å². The van der Waals surface area contributed by atoms with E-state index in [1.165, 1.54) is 0 Å². The van der Waals surface area contributed by atoms with Gasteiger partial charge in [0.15, 0.2) is 5.75 Å². The second kappa shape index (κ2) is 7.45. The Morgan fingerprint density at radius 1 is 0.550 bits per heavy atom. The van der Waals surface area contributed by atoms with Gasteiger partial charge in [-0.25, -0.2) is 0 Å². The third kappa shape index (κ3) is 3.92. The number of hydrogen-bond acceptors (Lipinski definition) is 1. The molecule has 0 aliphatic rings. The fourth-order valence-corrected chi connectivity index (χ4v) is 5.80. The van der Waals surface area contributed by atoms with Crippen molar-refractivity contribution in [2.75, 3.05) is 0 Å². The predicted octanol–water partition coefficient (Wildman–Crippen LogP) is 8.82. The smallest absolute Gasteiger partial charge is 0.158 e. The maximum Gasteiger partial charge on any atom is 0.158 e. The highest BCUT2D eigenvalue weighted by Gasteiger charge is 2.19. The van der Waals surface area contributed by atoms with Crippen molar-refractivity contribution in [1.29, 1.82) is 0 Å². The highest BCUT2D eigenvalue weighted by molar-refractivity contribution is 9.15. The first-order valence-electron chi connectivity index (χ1n) is 4.96. The van der Waals surface area contributed by atoms with Gasteiger partial charge in [0.1, 0.15) is 5.75 Å². The standard InChI is InChI=1S/C12H3Br7O/c13-4-1-5(14)3-6(2-4)20-12-10(18)8(16)7(15)9(17)11(12)19/h1-3H. The second-order valence-corrected chi connectivity index (χ2v) is 9.40. The van der Waals surface area contributed by atoms with E-state index in [9.17, 15) is 0 Å². The topological polar surface area (TPSA) is 9.23 Å². The first-order chi connectivity index (χ1) is 9.31. The van der Waals surface area contributed by atoms with Crippen molar-refractivity contribution in [3.8, 4) is 11.5 Å². The Balaban J connectivity index is 2.54. The van der Waals surface area contributed by atoms with E-state index in [4.69, 9.17) is 4.74 Å². The first-order valence-corrected chi connectivity index (χ1v) is 10.5. The lowest BCUT2D eigenvalue weighted by atomic mass is 10.3. The largest absolute Gasteiger partial charge is 0.455 e. The van der Waals surface area contributed by atoms with E-state index >= 15 is 0 Å². The molecule has 0 aromatic heterocycles. The van der Waals surface area contributed by atoms with Crippen LogP contribution < -0.4 is 4.74 Å². The molecule has 0 unspecified atom stereocenters. The molecule has 2 rings (SSSR count). The fourth-order valence-electron chi connectivity index (χ4n) is 1.38. The maximum absolute atomic E-state index is 5.98. The van der Waals surface area contributed by atoms with Gasteiger partial charge in [0, 0.05) is 13.4 Å². The molecule has 1 nitrogen and oxygen atoms in total. The Kier molecular flexibility index (Phi) is 6.68. The SMILES string of the molecule is Brc1cc(Br)cc(Oc2c(Br)c(Br)c(Br)c(Br)c2Br)c1. The molecule has 0 spiro atoms. The Morgan fingerprint density at radius 2 is 0.950 bits per heavy atom. The van der Waals surface area contributed by atoms with Crippen LogP contribution in [0.5, 0.6) is 11.5 Å². The summed E-state index contributed by atoms with van der Waals surface area (Å²) in [4.78, 5) is 0. The summed E-state index contributed by atoms with van der Waals surface area (Å²) in [6.45, 7) is 0. The second-order valence-electron chi connectivity index (χ2n) is 3.61. The normalized spacial score (nSPS) is 10.8. The van der Waals surface area contributed by atoms with Crippen LogP contribution >= 0.6 is 112 Å². The lowest BCUT2D eigenvalue weighted by Gasteiger charge is -2.15. The highest BCUT2D eigenvalue weighted by Crippen LogP contribution is 2.50. The number of ether oxygens (including phenoxy) is 1. The first kappa shape index (κ1) is 17.9. The Hall–Kier alpha value is 1.60. The van der Waals surface area contributed by atoms with Gasteiger partial charge in [-0.05, 0) is 97.8 Å². The molecule has 20 heavy (non-hydrogen) atoms. The van der Waals surface area contributed by atoms with Crippen LogP contribution in [0.3, 0.4) is 0 Å². The molecule has 2 aromatic rings. The molecule has 0 heterocycles. The third-order valence-electron chi connectivity index (χ3n) is 2.23. The zero-order valence-electron chi connectivity index (χ0n) is 9.29. The van der Waals surface area contributed by atoms with E-state index in [0.717, 1.165) is 31.3 Å². The average molecular weight is 722 g/mol. The van der Waals surface area contributed by atoms with Crippen molar-refractivity contribution in [3.63, 3.8) is 0 Å². The van der Waals surface area contributed by atoms with E-state index < -0.39 is 0 Å². The van der Waals surface area contributed by atoms with Crippen LogP contribution in [0.1, 0.15) is 0 Å². The van der Waals surface area contributed by atoms with Crippen molar-refractivity contribution in [2.24, 2.45) is 0 Å². The van der Waals surface area contributed by atoms with Crippen LogP contribution in [0.25, 0.3) is 0 Å². The van der Waals surface area contributed by atoms with Crippen molar-refractivity contribution in [3.05, 3.63) is 49.5 Å². The number of hydrogen-bond donors (Lipinski definition) is 0. The summed E-state index contributed by atoms with van der Waals surface area (Å²) < 4.78 is 12.1. The molecule has 0 radical (unpaired) electrons. The quantitative estimate of drug-likeness (QED) is 0.223. The minimum absolute atomic E-state index is 0.678. The van der Waals surface area contributed by atoms with Crippen molar-refractivity contribution in [2.45, 2.75) is 0 Å². The third-order valence-corrected chi connectivity index (χ3v) is 9.16. The molecule has 0 fully saturated rings. The molecular weight excluding hydrogens is 719 g/mol. The predicted molar refractivity (Wildman–Crippen MR) is 107 cm³/mol. The molecule has 0 aliphatic heterocycles. The van der Waals surface area contributed by atoms with Gasteiger partial charge >= 0.3 is 0 Å². The highest BCUT2D eigenvalue weighted by atomic mass is 79.9. The lowest BCUT2D eigenvalue weighted by molar-refractivity contribution is 0.475. The Labute approximate surface area is 175 Å². The molecule has 0 amide bonds. The monoisotopic (exact) mass is 715 g/mol. The average Bonchev–Trinajstić information content (AvgIpc) is 2.38. The molecular formula is C12H3Br7O. The molecule has 0 N–H and O–H groups in total. The maximum atomic E-state index is 5.98. The van der Waals surface area contributed by atoms with E-state index in [-0.39, 0.29) is 0 Å². The number of rotatable bonds is 2. The summed E-state index contributed by atoms with van der Waals surface area (Å²) in [5.41, 5.74) is 0. The van der Waals surface area contributed by atoms with Crippen LogP contribution in [0.2, 0.25) is 0 Å². The van der Waals surface area contributed by atoms with E-state index in [1.54, 1.807) is 0 Å². The van der Waals surface area contributed by atoms with E-state index in [0.29, 0.717) is 11.5 Å². The summed E-state index contributed by atoms with van der Waals surface area (Å²) in [5.74, 6) is 1.39. The summed E-state index contributed by atoms with van der Waals surface area (Å²) in [5, 5.41) is 0. The van der Waals surface area contributed by atoms with Crippen LogP contribution in [0, 0.1) is 0 Å². The molecule has 0 atom stereocenters. The summed E-state index contributed by atoms with van der Waals surface area (Å²) in [7, 11) is 0. The molecule has 0 saturated heterocycles. The van der Waals surface area contributed by atoms with Crippen LogP contribution in [0.4, 0.5) is 0 Å². The minimum atomic E-state index is 0.678. The molecule has 106 valence electrons. The zero-order chi connectivity index (χ0) is 15.0. The Morgan fingerprint density at radius 3 is 1.40 bits per heavy atom. The zero-order valence-corrected chi connectivity index (χ0v) is 20.4. The van der Waals surface area contributed by atoms with Gasteiger partial charge in [-0.3, -0.25) is 0 Å². The molecule has 0 bridgehead atoms. The van der Waals surface area contributed by atoms with Crippen LogP contribution in [0.15, 0.2) is 49.5 Å². The lowest BCUT2D eigenvalue weighted by Crippen LogP contribution is -1.91. The minimum Gasteiger partial charge on any atom is -0.455 e. The van der Waals surface area contributed by atoms with E-state index in [1.807, 2.05) is 18.2 Å². The Bertz CT molecular complexity index is 635. The van der Waals surface area contributed by atoms with Gasteiger partial charge in [-0.1, -0.05) is 31.9 Å². The number of benzene rings is 2. The van der Waals surface area contributed by atoms with Crippen LogP contribution in [-0.2, 0) is 0 Å². The summed E-state index contributed by atoms with van der Waals surface area (Å²) in [6, 6.07) is 5.74. The van der Waals surface area contributed by atoms with Gasteiger partial charge in [-0.15, -0.1) is 0 Å². The fraction of sp³-hybridized carbons (Fsp3) is 0. The van der Waals surface area contributed by atoms with E-state index in [2.05, 4.69) is 112 Å². The van der Waals surface area contributed by atoms with Gasteiger partial charge < -0.3 is 4.74 Å². The summed E-state index contributed by atoms with van der Waals surface area (Å²) in [6.07, 6.45) is 0. The van der Waals surface area contributed by atoms with Crippen molar-refractivity contribution < 1.29 is 4.74 Å². The van der Waals surface area contributed by atoms with Crippen molar-refractivity contribution >= 4 is 112 Å². The van der Waals surface area contributed by atoms with Gasteiger partial charge in [-0.2, -0.15) is 0 Å². The molecule has 8 heteroatoms. The van der Waals surface area contributed by atoms with Crippen molar-refractivity contribution in [1.82, 2.24) is 0 Å². The van der Waals surface area contributed by atoms with Crippen LogP contribution in [-0.4, -0.2) is 0 Å². The van der Waals surface area contributed by atoms with Gasteiger partial charge in [0.05, 0.1) is 17.9 Å². The molecule has 0 saturated carbocycles.